The van der Waals surface area contributed by atoms with Crippen molar-refractivity contribution in [3.05, 3.63) is 84.4 Å². The minimum Gasteiger partial charge on any atom is -0.457 e. The van der Waals surface area contributed by atoms with Crippen LogP contribution in [-0.4, -0.2) is 39.1 Å². The predicted molar refractivity (Wildman–Crippen MR) is 116 cm³/mol. The zero-order valence-corrected chi connectivity index (χ0v) is 16.6. The fraction of sp³-hybridized carbons (Fsp3) is 0.208. The summed E-state index contributed by atoms with van der Waals surface area (Å²) in [6, 6.07) is 24.8. The highest BCUT2D eigenvalue weighted by Crippen LogP contribution is 2.23. The molecule has 1 heterocycles. The molecule has 3 aromatic rings. The highest BCUT2D eigenvalue weighted by atomic mass is 16.5. The topological polar surface area (TPSA) is 46.0 Å². The van der Waals surface area contributed by atoms with Gasteiger partial charge in [0, 0.05) is 16.9 Å². The predicted octanol–water partition coefficient (Wildman–Crippen LogP) is 3.07. The number of hydrogen-bond donors (Lipinski definition) is 2. The van der Waals surface area contributed by atoms with E-state index >= 15 is 0 Å². The molecule has 148 valence electrons. The fourth-order valence-corrected chi connectivity index (χ4v) is 3.43. The number of anilines is 2. The molecule has 3 aromatic carbocycles. The van der Waals surface area contributed by atoms with Crippen molar-refractivity contribution in [3.8, 4) is 11.5 Å². The summed E-state index contributed by atoms with van der Waals surface area (Å²) in [5, 5.41) is 2.97. The van der Waals surface area contributed by atoms with Gasteiger partial charge in [0.15, 0.2) is 0 Å². The molecule has 0 atom stereocenters. The van der Waals surface area contributed by atoms with Crippen LogP contribution in [0.5, 0.6) is 11.5 Å². The van der Waals surface area contributed by atoms with Gasteiger partial charge >= 0.3 is 0 Å². The summed E-state index contributed by atoms with van der Waals surface area (Å²) in [6.07, 6.45) is 0. The number of nitrogens with zero attached hydrogens (tertiary/aromatic N) is 1. The summed E-state index contributed by atoms with van der Waals surface area (Å²) in [5.74, 6) is 1.22. The maximum Gasteiger partial charge on any atom is 0.255 e. The van der Waals surface area contributed by atoms with E-state index in [0.29, 0.717) is 11.3 Å². The van der Waals surface area contributed by atoms with E-state index in [1.54, 1.807) is 17.0 Å². The summed E-state index contributed by atoms with van der Waals surface area (Å²) < 4.78 is 5.82. The van der Waals surface area contributed by atoms with E-state index in [1.807, 2.05) is 54.6 Å². The summed E-state index contributed by atoms with van der Waals surface area (Å²) in [7, 11) is 2.23. The number of ether oxygens (including phenoxy) is 1. The molecule has 4 rings (SSSR count). The first kappa shape index (κ1) is 19.0. The smallest absolute Gasteiger partial charge is 0.255 e. The number of hydrogen-bond acceptors (Lipinski definition) is 3. The lowest BCUT2D eigenvalue weighted by Gasteiger charge is -2.31. The Labute approximate surface area is 171 Å². The van der Waals surface area contributed by atoms with Crippen molar-refractivity contribution in [2.45, 2.75) is 0 Å². The van der Waals surface area contributed by atoms with Gasteiger partial charge in [-0.1, -0.05) is 24.3 Å². The number of piperazine rings is 1. The Bertz CT molecular complexity index is 949. The minimum atomic E-state index is -0.153. The molecule has 29 heavy (non-hydrogen) atoms. The Kier molecular flexibility index (Phi) is 5.77. The van der Waals surface area contributed by atoms with Crippen LogP contribution < -0.4 is 19.9 Å². The number of para-hydroxylation sites is 1. The lowest BCUT2D eigenvalue weighted by Crippen LogP contribution is -3.12. The van der Waals surface area contributed by atoms with Crippen LogP contribution in [0.25, 0.3) is 0 Å². The number of benzene rings is 3. The van der Waals surface area contributed by atoms with Crippen LogP contribution in [0.15, 0.2) is 78.9 Å². The summed E-state index contributed by atoms with van der Waals surface area (Å²) in [6.45, 7) is 4.43. The average molecular weight is 388 g/mol. The molecular formula is C24H26N3O2+. The van der Waals surface area contributed by atoms with Crippen LogP contribution in [0.3, 0.4) is 0 Å². The van der Waals surface area contributed by atoms with Crippen molar-refractivity contribution in [1.29, 1.82) is 0 Å². The third-order valence-electron chi connectivity index (χ3n) is 5.18. The number of likely N-dealkylation sites (N-methyl/N-ethyl adjacent to an activating group) is 1. The van der Waals surface area contributed by atoms with Crippen molar-refractivity contribution in [1.82, 2.24) is 0 Å². The maximum atomic E-state index is 12.7. The Morgan fingerprint density at radius 2 is 1.59 bits per heavy atom. The Balaban J connectivity index is 1.39. The van der Waals surface area contributed by atoms with Gasteiger partial charge in [0.1, 0.15) is 11.5 Å². The fourth-order valence-electron chi connectivity index (χ4n) is 3.43. The van der Waals surface area contributed by atoms with Gasteiger partial charge < -0.3 is 19.9 Å². The molecule has 1 saturated heterocycles. The molecule has 1 fully saturated rings. The number of carbonyl (C=O) groups excluding carboxylic acids is 1. The number of carbonyl (C=O) groups is 1. The van der Waals surface area contributed by atoms with Gasteiger partial charge in [0.25, 0.3) is 5.91 Å². The SMILES string of the molecule is C[NH+]1CCN(c2ccc(NC(=O)c3cccc(Oc4ccccc4)c3)cc2)CC1. The average Bonchev–Trinajstić information content (AvgIpc) is 2.76. The van der Waals surface area contributed by atoms with Gasteiger partial charge in [-0.3, -0.25) is 4.79 Å². The van der Waals surface area contributed by atoms with Gasteiger partial charge in [-0.05, 0) is 54.6 Å². The molecule has 2 N–H and O–H groups in total. The third kappa shape index (κ3) is 4.95. The van der Waals surface area contributed by atoms with Crippen LogP contribution in [0.1, 0.15) is 10.4 Å². The third-order valence-corrected chi connectivity index (χ3v) is 5.18. The number of amides is 1. The first-order chi connectivity index (χ1) is 14.2. The molecule has 0 spiro atoms. The van der Waals surface area contributed by atoms with E-state index in [0.717, 1.165) is 37.6 Å². The summed E-state index contributed by atoms with van der Waals surface area (Å²) in [5.41, 5.74) is 2.55. The molecule has 0 aromatic heterocycles. The lowest BCUT2D eigenvalue weighted by atomic mass is 10.2. The van der Waals surface area contributed by atoms with Gasteiger partial charge in [0.05, 0.1) is 33.2 Å². The number of quaternary nitrogens is 1. The van der Waals surface area contributed by atoms with E-state index in [2.05, 4.69) is 29.4 Å². The van der Waals surface area contributed by atoms with E-state index in [9.17, 15) is 4.79 Å². The van der Waals surface area contributed by atoms with Crippen LogP contribution in [0.4, 0.5) is 11.4 Å². The molecule has 0 saturated carbocycles. The van der Waals surface area contributed by atoms with E-state index in [1.165, 1.54) is 5.69 Å². The second-order valence-electron chi connectivity index (χ2n) is 7.39. The molecule has 5 heteroatoms. The van der Waals surface area contributed by atoms with Crippen molar-refractivity contribution in [2.75, 3.05) is 43.4 Å². The van der Waals surface area contributed by atoms with Crippen molar-refractivity contribution in [3.63, 3.8) is 0 Å². The molecule has 0 unspecified atom stereocenters. The molecule has 0 bridgehead atoms. The molecule has 1 aliphatic heterocycles. The molecular weight excluding hydrogens is 362 g/mol. The molecule has 0 radical (unpaired) electrons. The maximum absolute atomic E-state index is 12.7. The molecule has 5 nitrogen and oxygen atoms in total. The van der Waals surface area contributed by atoms with Gasteiger partial charge in [-0.25, -0.2) is 0 Å². The zero-order chi connectivity index (χ0) is 20.1. The number of nitrogens with one attached hydrogen (secondary N) is 2. The Morgan fingerprint density at radius 3 is 2.31 bits per heavy atom. The Morgan fingerprint density at radius 1 is 0.897 bits per heavy atom. The largest absolute Gasteiger partial charge is 0.457 e. The molecule has 1 amide bonds. The first-order valence-electron chi connectivity index (χ1n) is 9.98. The molecule has 0 aliphatic carbocycles. The summed E-state index contributed by atoms with van der Waals surface area (Å²) >= 11 is 0. The second kappa shape index (κ2) is 8.80. The minimum absolute atomic E-state index is 0.153. The zero-order valence-electron chi connectivity index (χ0n) is 16.6. The van der Waals surface area contributed by atoms with Gasteiger partial charge in [-0.2, -0.15) is 0 Å². The standard InChI is InChI=1S/C24H25N3O2/c1-26-14-16-27(17-15-26)21-12-10-20(11-13-21)25-24(28)19-6-5-9-23(18-19)29-22-7-3-2-4-8-22/h2-13,18H,14-17H2,1H3,(H,25,28)/p+1. The van der Waals surface area contributed by atoms with Crippen molar-refractivity contribution in [2.24, 2.45) is 0 Å². The van der Waals surface area contributed by atoms with Crippen LogP contribution in [0.2, 0.25) is 0 Å². The van der Waals surface area contributed by atoms with Crippen molar-refractivity contribution < 1.29 is 14.4 Å². The monoisotopic (exact) mass is 388 g/mol. The van der Waals surface area contributed by atoms with E-state index < -0.39 is 0 Å². The highest BCUT2D eigenvalue weighted by Gasteiger charge is 2.17. The Hall–Kier alpha value is -3.31. The first-order valence-corrected chi connectivity index (χ1v) is 9.98. The van der Waals surface area contributed by atoms with Crippen LogP contribution in [0, 0.1) is 0 Å². The van der Waals surface area contributed by atoms with E-state index in [4.69, 9.17) is 4.74 Å². The quantitative estimate of drug-likeness (QED) is 0.706. The second-order valence-corrected chi connectivity index (χ2v) is 7.39. The van der Waals surface area contributed by atoms with Crippen LogP contribution in [-0.2, 0) is 0 Å². The molecule has 1 aliphatic rings. The highest BCUT2D eigenvalue weighted by molar-refractivity contribution is 6.04. The van der Waals surface area contributed by atoms with Gasteiger partial charge in [-0.15, -0.1) is 0 Å². The van der Waals surface area contributed by atoms with Gasteiger partial charge in [0.2, 0.25) is 0 Å². The van der Waals surface area contributed by atoms with Crippen LogP contribution >= 0.6 is 0 Å². The normalized spacial score (nSPS) is 14.4. The number of rotatable bonds is 5. The van der Waals surface area contributed by atoms with Crippen molar-refractivity contribution >= 4 is 17.3 Å². The lowest BCUT2D eigenvalue weighted by molar-refractivity contribution is -0.880. The summed E-state index contributed by atoms with van der Waals surface area (Å²) in [4.78, 5) is 16.6. The van der Waals surface area contributed by atoms with E-state index in [-0.39, 0.29) is 5.91 Å².